The van der Waals surface area contributed by atoms with Gasteiger partial charge in [0.15, 0.2) is 0 Å². The van der Waals surface area contributed by atoms with E-state index in [1.165, 1.54) is 12.8 Å². The molecule has 0 saturated heterocycles. The van der Waals surface area contributed by atoms with E-state index in [4.69, 9.17) is 4.74 Å². The van der Waals surface area contributed by atoms with Crippen LogP contribution < -0.4 is 0 Å². The third-order valence-corrected chi connectivity index (χ3v) is 3.40. The minimum absolute atomic E-state index is 0.238. The van der Waals surface area contributed by atoms with Gasteiger partial charge in [0.2, 0.25) is 0 Å². The van der Waals surface area contributed by atoms with E-state index in [0.717, 1.165) is 26.0 Å². The van der Waals surface area contributed by atoms with Gasteiger partial charge in [-0.15, -0.1) is 0 Å². The molecule has 1 unspecified atom stereocenters. The zero-order valence-electron chi connectivity index (χ0n) is 12.2. The van der Waals surface area contributed by atoms with Crippen LogP contribution in [-0.2, 0) is 4.74 Å². The van der Waals surface area contributed by atoms with Crippen LogP contribution in [0.4, 0.5) is 0 Å². The molecule has 0 aliphatic heterocycles. The summed E-state index contributed by atoms with van der Waals surface area (Å²) >= 11 is 0. The van der Waals surface area contributed by atoms with Gasteiger partial charge in [0.1, 0.15) is 0 Å². The molecule has 0 heterocycles. The van der Waals surface area contributed by atoms with E-state index in [0.29, 0.717) is 6.10 Å². The van der Waals surface area contributed by atoms with Gasteiger partial charge in [0.05, 0.1) is 6.10 Å². The van der Waals surface area contributed by atoms with Gasteiger partial charge in [-0.2, -0.15) is 0 Å². The Labute approximate surface area is 102 Å². The second-order valence-electron chi connectivity index (χ2n) is 5.31. The standard InChI is InChI=1S/C14H31NO/c1-7-10-13(16-11-8-2)12-14(4,5)15(6)9-3/h13H,7-12H2,1-6H3. The van der Waals surface area contributed by atoms with Crippen molar-refractivity contribution in [1.29, 1.82) is 0 Å². The van der Waals surface area contributed by atoms with Gasteiger partial charge in [0.25, 0.3) is 0 Å². The summed E-state index contributed by atoms with van der Waals surface area (Å²) in [5.41, 5.74) is 0.238. The second kappa shape index (κ2) is 8.08. The summed E-state index contributed by atoms with van der Waals surface area (Å²) < 4.78 is 5.94. The van der Waals surface area contributed by atoms with Gasteiger partial charge in [0, 0.05) is 12.1 Å². The molecule has 0 aromatic heterocycles. The normalized spacial score (nSPS) is 14.4. The molecule has 1 atom stereocenters. The van der Waals surface area contributed by atoms with Crippen molar-refractivity contribution >= 4 is 0 Å². The van der Waals surface area contributed by atoms with Gasteiger partial charge in [-0.3, -0.25) is 0 Å². The third-order valence-electron chi connectivity index (χ3n) is 3.40. The lowest BCUT2D eigenvalue weighted by atomic mass is 9.93. The van der Waals surface area contributed by atoms with E-state index in [-0.39, 0.29) is 5.54 Å². The lowest BCUT2D eigenvalue weighted by Crippen LogP contribution is -2.44. The zero-order chi connectivity index (χ0) is 12.6. The minimum Gasteiger partial charge on any atom is -0.378 e. The topological polar surface area (TPSA) is 12.5 Å². The van der Waals surface area contributed by atoms with Crippen molar-refractivity contribution in [3.05, 3.63) is 0 Å². The van der Waals surface area contributed by atoms with E-state index in [1.807, 2.05) is 0 Å². The predicted octanol–water partition coefficient (Wildman–Crippen LogP) is 3.70. The maximum atomic E-state index is 5.94. The van der Waals surface area contributed by atoms with E-state index >= 15 is 0 Å². The molecule has 0 aromatic rings. The summed E-state index contributed by atoms with van der Waals surface area (Å²) in [5.74, 6) is 0. The van der Waals surface area contributed by atoms with Crippen LogP contribution in [0.25, 0.3) is 0 Å². The predicted molar refractivity (Wildman–Crippen MR) is 71.9 cm³/mol. The van der Waals surface area contributed by atoms with Crippen molar-refractivity contribution in [2.75, 3.05) is 20.2 Å². The summed E-state index contributed by atoms with van der Waals surface area (Å²) in [7, 11) is 2.20. The summed E-state index contributed by atoms with van der Waals surface area (Å²) in [4.78, 5) is 2.41. The van der Waals surface area contributed by atoms with Crippen molar-refractivity contribution in [1.82, 2.24) is 4.90 Å². The molecule has 0 N–H and O–H groups in total. The molecule has 0 spiro atoms. The lowest BCUT2D eigenvalue weighted by Gasteiger charge is -2.37. The fourth-order valence-corrected chi connectivity index (χ4v) is 1.99. The Bertz CT molecular complexity index is 168. The molecule has 2 heteroatoms. The van der Waals surface area contributed by atoms with Crippen LogP contribution in [0.3, 0.4) is 0 Å². The maximum absolute atomic E-state index is 5.94. The maximum Gasteiger partial charge on any atom is 0.0592 e. The van der Waals surface area contributed by atoms with Crippen LogP contribution >= 0.6 is 0 Å². The molecule has 0 rings (SSSR count). The van der Waals surface area contributed by atoms with Crippen molar-refractivity contribution in [2.45, 2.75) is 71.9 Å². The highest BCUT2D eigenvalue weighted by Gasteiger charge is 2.26. The van der Waals surface area contributed by atoms with Gasteiger partial charge in [-0.25, -0.2) is 0 Å². The Morgan fingerprint density at radius 2 is 1.75 bits per heavy atom. The molecule has 0 bridgehead atoms. The van der Waals surface area contributed by atoms with Crippen LogP contribution in [-0.4, -0.2) is 36.7 Å². The molecule has 16 heavy (non-hydrogen) atoms. The lowest BCUT2D eigenvalue weighted by molar-refractivity contribution is 0.00377. The largest absolute Gasteiger partial charge is 0.378 e. The van der Waals surface area contributed by atoms with E-state index < -0.39 is 0 Å². The SMILES string of the molecule is CCCOC(CCC)CC(C)(C)N(C)CC. The molecule has 2 nitrogen and oxygen atoms in total. The van der Waals surface area contributed by atoms with Crippen molar-refractivity contribution in [3.63, 3.8) is 0 Å². The summed E-state index contributed by atoms with van der Waals surface area (Å²) in [5, 5.41) is 0. The Morgan fingerprint density at radius 1 is 1.12 bits per heavy atom. The fourth-order valence-electron chi connectivity index (χ4n) is 1.99. The highest BCUT2D eigenvalue weighted by Crippen LogP contribution is 2.22. The van der Waals surface area contributed by atoms with Crippen LogP contribution in [0, 0.1) is 0 Å². The average Bonchev–Trinajstić information content (AvgIpc) is 2.24. The van der Waals surface area contributed by atoms with Crippen molar-refractivity contribution in [2.24, 2.45) is 0 Å². The van der Waals surface area contributed by atoms with Crippen molar-refractivity contribution < 1.29 is 4.74 Å². The smallest absolute Gasteiger partial charge is 0.0592 e. The average molecular weight is 229 g/mol. The molecule has 0 radical (unpaired) electrons. The van der Waals surface area contributed by atoms with Crippen LogP contribution in [0.5, 0.6) is 0 Å². The minimum atomic E-state index is 0.238. The first kappa shape index (κ1) is 15.9. The summed E-state index contributed by atoms with van der Waals surface area (Å²) in [6.07, 6.45) is 5.06. The van der Waals surface area contributed by atoms with Gasteiger partial charge >= 0.3 is 0 Å². The molecule has 0 amide bonds. The zero-order valence-corrected chi connectivity index (χ0v) is 12.2. The summed E-state index contributed by atoms with van der Waals surface area (Å²) in [6.45, 7) is 13.2. The number of ether oxygens (including phenoxy) is 1. The first-order valence-corrected chi connectivity index (χ1v) is 6.80. The molecular weight excluding hydrogens is 198 g/mol. The van der Waals surface area contributed by atoms with Gasteiger partial charge in [-0.1, -0.05) is 27.2 Å². The Kier molecular flexibility index (Phi) is 8.04. The Hall–Kier alpha value is -0.0800. The second-order valence-corrected chi connectivity index (χ2v) is 5.31. The van der Waals surface area contributed by atoms with Gasteiger partial charge < -0.3 is 9.64 Å². The molecule has 0 aliphatic rings. The number of rotatable bonds is 9. The Balaban J connectivity index is 4.24. The summed E-state index contributed by atoms with van der Waals surface area (Å²) in [6, 6.07) is 0. The quantitative estimate of drug-likeness (QED) is 0.598. The molecule has 98 valence electrons. The number of nitrogens with zero attached hydrogens (tertiary/aromatic N) is 1. The molecule has 0 aliphatic carbocycles. The molecule has 0 fully saturated rings. The molecule has 0 aromatic carbocycles. The number of hydrogen-bond acceptors (Lipinski definition) is 2. The highest BCUT2D eigenvalue weighted by molar-refractivity contribution is 4.82. The van der Waals surface area contributed by atoms with E-state index in [1.54, 1.807) is 0 Å². The van der Waals surface area contributed by atoms with Crippen LogP contribution in [0.1, 0.15) is 60.3 Å². The van der Waals surface area contributed by atoms with Gasteiger partial charge in [-0.05, 0) is 46.7 Å². The highest BCUT2D eigenvalue weighted by atomic mass is 16.5. The van der Waals surface area contributed by atoms with E-state index in [2.05, 4.69) is 46.6 Å². The van der Waals surface area contributed by atoms with Crippen molar-refractivity contribution in [3.8, 4) is 0 Å². The molecular formula is C14H31NO. The first-order chi connectivity index (χ1) is 7.47. The van der Waals surface area contributed by atoms with Crippen LogP contribution in [0.2, 0.25) is 0 Å². The molecule has 0 saturated carbocycles. The van der Waals surface area contributed by atoms with Crippen LogP contribution in [0.15, 0.2) is 0 Å². The third kappa shape index (κ3) is 5.86. The fraction of sp³-hybridized carbons (Fsp3) is 1.00. The first-order valence-electron chi connectivity index (χ1n) is 6.80. The number of hydrogen-bond donors (Lipinski definition) is 0. The van der Waals surface area contributed by atoms with E-state index in [9.17, 15) is 0 Å². The monoisotopic (exact) mass is 229 g/mol. The Morgan fingerprint density at radius 3 is 2.19 bits per heavy atom.